The van der Waals surface area contributed by atoms with E-state index in [9.17, 15) is 14.4 Å². The molecule has 0 aromatic carbocycles. The molecule has 7 nitrogen and oxygen atoms in total. The largest absolute Gasteiger partial charge is 0.465 e. The van der Waals surface area contributed by atoms with Gasteiger partial charge in [0.2, 0.25) is 0 Å². The molecule has 2 N–H and O–H groups in total. The van der Waals surface area contributed by atoms with Gasteiger partial charge in [0.05, 0.1) is 0 Å². The van der Waals surface area contributed by atoms with Crippen molar-refractivity contribution in [3.05, 3.63) is 0 Å². The predicted octanol–water partition coefficient (Wildman–Crippen LogP) is 1.24. The Morgan fingerprint density at radius 1 is 1.39 bits per heavy atom. The number of nitrogens with zero attached hydrogens (tertiary/aromatic N) is 1. The lowest BCUT2D eigenvalue weighted by atomic mass is 10.2. The van der Waals surface area contributed by atoms with Crippen molar-refractivity contribution < 1.29 is 24.3 Å². The summed E-state index contributed by atoms with van der Waals surface area (Å²) in [5.41, 5.74) is 0. The third-order valence-electron chi connectivity index (χ3n) is 2.59. The molecule has 0 spiro atoms. The van der Waals surface area contributed by atoms with E-state index in [0.29, 0.717) is 11.5 Å². The zero-order valence-corrected chi connectivity index (χ0v) is 10.3. The van der Waals surface area contributed by atoms with Gasteiger partial charge in [0.15, 0.2) is 6.23 Å². The van der Waals surface area contributed by atoms with Crippen LogP contribution in [0, 0.1) is 0 Å². The summed E-state index contributed by atoms with van der Waals surface area (Å²) in [6.45, 7) is 2.02. The molecule has 1 fully saturated rings. The summed E-state index contributed by atoms with van der Waals surface area (Å²) in [6, 6.07) is 0. The number of rotatable bonds is 7. The molecule has 1 unspecified atom stereocenters. The Labute approximate surface area is 105 Å². The van der Waals surface area contributed by atoms with E-state index in [1.807, 2.05) is 6.92 Å². The van der Waals surface area contributed by atoms with E-state index in [0.717, 1.165) is 19.3 Å². The second-order valence-corrected chi connectivity index (χ2v) is 4.12. The first-order valence-electron chi connectivity index (χ1n) is 6.06. The fraction of sp³-hybridized carbons (Fsp3) is 0.727. The predicted molar refractivity (Wildman–Crippen MR) is 61.3 cm³/mol. The zero-order valence-electron chi connectivity index (χ0n) is 10.3. The minimum Gasteiger partial charge on any atom is -0.465 e. The molecular formula is C11H18N2O5. The molecule has 102 valence electrons. The molecule has 1 aliphatic heterocycles. The van der Waals surface area contributed by atoms with Gasteiger partial charge in [0.1, 0.15) is 0 Å². The van der Waals surface area contributed by atoms with Crippen LogP contribution in [0.2, 0.25) is 0 Å². The fourth-order valence-corrected chi connectivity index (χ4v) is 1.67. The van der Waals surface area contributed by atoms with Crippen LogP contribution in [0.3, 0.4) is 0 Å². The second kappa shape index (κ2) is 6.95. The van der Waals surface area contributed by atoms with Crippen LogP contribution < -0.4 is 5.32 Å². The SMILES string of the molecule is CCCCCC(NC(=O)O)ON1C(=O)CCC1=O. The van der Waals surface area contributed by atoms with E-state index < -0.39 is 24.1 Å². The lowest BCUT2D eigenvalue weighted by Crippen LogP contribution is -2.43. The number of carbonyl (C=O) groups excluding carboxylic acids is 2. The van der Waals surface area contributed by atoms with E-state index in [4.69, 9.17) is 9.94 Å². The summed E-state index contributed by atoms with van der Waals surface area (Å²) in [7, 11) is 0. The van der Waals surface area contributed by atoms with Crippen LogP contribution in [0.25, 0.3) is 0 Å². The molecule has 1 saturated heterocycles. The number of nitrogens with one attached hydrogen (secondary N) is 1. The highest BCUT2D eigenvalue weighted by molar-refractivity contribution is 6.00. The molecule has 0 bridgehead atoms. The lowest BCUT2D eigenvalue weighted by molar-refractivity contribution is -0.206. The summed E-state index contributed by atoms with van der Waals surface area (Å²) in [5.74, 6) is -0.847. The van der Waals surface area contributed by atoms with Crippen LogP contribution in [-0.4, -0.2) is 34.3 Å². The van der Waals surface area contributed by atoms with Crippen LogP contribution in [0.4, 0.5) is 4.79 Å². The van der Waals surface area contributed by atoms with Crippen LogP contribution in [0.15, 0.2) is 0 Å². The summed E-state index contributed by atoms with van der Waals surface area (Å²) in [4.78, 5) is 38.4. The first kappa shape index (κ1) is 14.4. The summed E-state index contributed by atoms with van der Waals surface area (Å²) in [6.07, 6.45) is 1.25. The maximum absolute atomic E-state index is 11.3. The Hall–Kier alpha value is -1.63. The van der Waals surface area contributed by atoms with E-state index >= 15 is 0 Å². The number of amides is 3. The van der Waals surface area contributed by atoms with E-state index in [2.05, 4.69) is 5.32 Å². The van der Waals surface area contributed by atoms with Gasteiger partial charge in [-0.05, 0) is 12.8 Å². The van der Waals surface area contributed by atoms with Gasteiger partial charge in [-0.1, -0.05) is 19.8 Å². The number of hydrogen-bond donors (Lipinski definition) is 2. The van der Waals surface area contributed by atoms with Crippen LogP contribution in [0.1, 0.15) is 45.4 Å². The van der Waals surface area contributed by atoms with E-state index in [1.54, 1.807) is 0 Å². The molecule has 18 heavy (non-hydrogen) atoms. The smallest absolute Gasteiger partial charge is 0.406 e. The molecule has 0 saturated carbocycles. The van der Waals surface area contributed by atoms with Crippen molar-refractivity contribution >= 4 is 17.9 Å². The molecule has 1 heterocycles. The number of carboxylic acid groups (broad SMARTS) is 1. The van der Waals surface area contributed by atoms with Crippen molar-refractivity contribution in [2.45, 2.75) is 51.7 Å². The van der Waals surface area contributed by atoms with Gasteiger partial charge in [-0.3, -0.25) is 14.9 Å². The van der Waals surface area contributed by atoms with Crippen molar-refractivity contribution in [2.24, 2.45) is 0 Å². The highest BCUT2D eigenvalue weighted by Gasteiger charge is 2.32. The van der Waals surface area contributed by atoms with Crippen LogP contribution >= 0.6 is 0 Å². The molecule has 1 atom stereocenters. The summed E-state index contributed by atoms with van der Waals surface area (Å²) < 4.78 is 0. The van der Waals surface area contributed by atoms with Gasteiger partial charge in [-0.25, -0.2) is 9.63 Å². The first-order valence-corrected chi connectivity index (χ1v) is 6.06. The maximum atomic E-state index is 11.3. The standard InChI is InChI=1S/C11H18N2O5/c1-2-3-4-5-8(12-11(16)17)18-13-9(14)6-7-10(13)15/h8,12H,2-7H2,1H3,(H,16,17). The van der Waals surface area contributed by atoms with Crippen molar-refractivity contribution in [2.75, 3.05) is 0 Å². The maximum Gasteiger partial charge on any atom is 0.406 e. The number of imide groups is 1. The van der Waals surface area contributed by atoms with Gasteiger partial charge in [0.25, 0.3) is 11.8 Å². The Bertz CT molecular complexity index is 315. The van der Waals surface area contributed by atoms with Crippen molar-refractivity contribution in [1.29, 1.82) is 0 Å². The highest BCUT2D eigenvalue weighted by atomic mass is 16.7. The molecule has 1 rings (SSSR count). The van der Waals surface area contributed by atoms with E-state index in [-0.39, 0.29) is 12.8 Å². The molecular weight excluding hydrogens is 240 g/mol. The second-order valence-electron chi connectivity index (χ2n) is 4.12. The average molecular weight is 258 g/mol. The van der Waals surface area contributed by atoms with Gasteiger partial charge in [0, 0.05) is 12.8 Å². The Balaban J connectivity index is 2.51. The topological polar surface area (TPSA) is 95.9 Å². The number of unbranched alkanes of at least 4 members (excludes halogenated alkanes) is 2. The monoisotopic (exact) mass is 258 g/mol. The van der Waals surface area contributed by atoms with Gasteiger partial charge in [-0.15, -0.1) is 0 Å². The Kier molecular flexibility index (Phi) is 5.57. The van der Waals surface area contributed by atoms with Crippen molar-refractivity contribution in [3.63, 3.8) is 0 Å². The van der Waals surface area contributed by atoms with Crippen molar-refractivity contribution in [3.8, 4) is 0 Å². The van der Waals surface area contributed by atoms with Crippen molar-refractivity contribution in [1.82, 2.24) is 10.4 Å². The molecule has 0 aromatic rings. The quantitative estimate of drug-likeness (QED) is 0.407. The van der Waals surface area contributed by atoms with Gasteiger partial charge in [-0.2, -0.15) is 5.06 Å². The summed E-state index contributed by atoms with van der Waals surface area (Å²) in [5, 5.41) is 11.5. The fourth-order valence-electron chi connectivity index (χ4n) is 1.67. The number of carbonyl (C=O) groups is 3. The Morgan fingerprint density at radius 2 is 2.00 bits per heavy atom. The number of hydroxylamine groups is 2. The summed E-state index contributed by atoms with van der Waals surface area (Å²) >= 11 is 0. The molecule has 1 aliphatic rings. The zero-order chi connectivity index (χ0) is 13.5. The lowest BCUT2D eigenvalue weighted by Gasteiger charge is -2.22. The molecule has 0 aliphatic carbocycles. The number of hydrogen-bond acceptors (Lipinski definition) is 4. The minimum atomic E-state index is -1.24. The van der Waals surface area contributed by atoms with E-state index in [1.165, 1.54) is 0 Å². The first-order chi connectivity index (χ1) is 8.54. The highest BCUT2D eigenvalue weighted by Crippen LogP contribution is 2.15. The van der Waals surface area contributed by atoms with Gasteiger partial charge < -0.3 is 5.11 Å². The minimum absolute atomic E-state index is 0.119. The van der Waals surface area contributed by atoms with Gasteiger partial charge >= 0.3 is 6.09 Å². The third kappa shape index (κ3) is 4.33. The third-order valence-corrected chi connectivity index (χ3v) is 2.59. The normalized spacial score (nSPS) is 17.1. The molecule has 0 aromatic heterocycles. The molecule has 3 amide bonds. The van der Waals surface area contributed by atoms with Crippen LogP contribution in [0.5, 0.6) is 0 Å². The van der Waals surface area contributed by atoms with Crippen LogP contribution in [-0.2, 0) is 14.4 Å². The molecule has 0 radical (unpaired) electrons. The average Bonchev–Trinajstić information content (AvgIpc) is 2.60. The molecule has 7 heteroatoms. The Morgan fingerprint density at radius 3 is 2.50 bits per heavy atom.